The lowest BCUT2D eigenvalue weighted by Crippen LogP contribution is -2.29. The van der Waals surface area contributed by atoms with E-state index >= 15 is 0 Å². The maximum Gasteiger partial charge on any atom is 0.255 e. The van der Waals surface area contributed by atoms with Gasteiger partial charge in [-0.25, -0.2) is 5.84 Å². The molecule has 0 bridgehead atoms. The van der Waals surface area contributed by atoms with Gasteiger partial charge in [-0.3, -0.25) is 19.6 Å². The van der Waals surface area contributed by atoms with Crippen LogP contribution in [0.25, 0.3) is 16.6 Å². The van der Waals surface area contributed by atoms with Crippen LogP contribution in [0.1, 0.15) is 34.9 Å². The summed E-state index contributed by atoms with van der Waals surface area (Å²) in [5, 5.41) is 20.2. The molecule has 1 aliphatic rings. The molecular formula is C24H27N9O. The topological polar surface area (TPSA) is 143 Å². The van der Waals surface area contributed by atoms with Crippen molar-refractivity contribution in [2.45, 2.75) is 18.9 Å². The van der Waals surface area contributed by atoms with Crippen LogP contribution in [0.3, 0.4) is 0 Å². The monoisotopic (exact) mass is 457 g/mol. The average molecular weight is 458 g/mol. The largest absolute Gasteiger partial charge is 0.396 e. The molecule has 4 aromatic rings. The Morgan fingerprint density at radius 2 is 1.91 bits per heavy atom. The molecule has 3 heterocycles. The number of nitrogens with one attached hydrogen (secondary N) is 3. The molecule has 1 amide bonds. The van der Waals surface area contributed by atoms with Crippen molar-refractivity contribution in [3.05, 3.63) is 78.4 Å². The third-order valence-electron chi connectivity index (χ3n) is 5.99. The molecule has 10 nitrogen and oxygen atoms in total. The average Bonchev–Trinajstić information content (AvgIpc) is 3.52. The number of aromatic nitrogens is 4. The zero-order chi connectivity index (χ0) is 23.5. The number of hydrazine groups is 1. The molecule has 2 aromatic carbocycles. The number of para-hydroxylation sites is 1. The molecule has 0 atom stereocenters. The summed E-state index contributed by atoms with van der Waals surface area (Å²) in [6.07, 6.45) is 7.23. The summed E-state index contributed by atoms with van der Waals surface area (Å²) >= 11 is 0. The van der Waals surface area contributed by atoms with Crippen LogP contribution in [-0.4, -0.2) is 39.0 Å². The standard InChI is InChI=1S/C24H27N9O/c25-21(23-20-3-1-2-4-22(20)30-31-23)15-32(26)18-7-5-16(6-8-18)24(34)29-17-13-28-33(14-17)19-9-11-27-12-10-19/h1-8,13-15,19,27H,9-12,25-26H2,(H,29,34)(H,30,31)/b21-15-. The number of nitrogens with zero attached hydrogens (tertiary/aromatic N) is 4. The lowest BCUT2D eigenvalue weighted by molar-refractivity contribution is 0.102. The van der Waals surface area contributed by atoms with Crippen molar-refractivity contribution in [2.75, 3.05) is 23.4 Å². The van der Waals surface area contributed by atoms with E-state index in [9.17, 15) is 4.79 Å². The maximum atomic E-state index is 12.7. The molecule has 10 heteroatoms. The number of aromatic amines is 1. The van der Waals surface area contributed by atoms with Gasteiger partial charge in [-0.15, -0.1) is 0 Å². The van der Waals surface area contributed by atoms with Gasteiger partial charge in [-0.05, 0) is 56.3 Å². The molecule has 1 saturated heterocycles. The molecule has 5 rings (SSSR count). The van der Waals surface area contributed by atoms with E-state index in [1.165, 1.54) is 5.01 Å². The number of carbonyl (C=O) groups excluding carboxylic acids is 1. The predicted octanol–water partition coefficient (Wildman–Crippen LogP) is 2.57. The van der Waals surface area contributed by atoms with Crippen LogP contribution in [0.4, 0.5) is 11.4 Å². The van der Waals surface area contributed by atoms with E-state index in [1.54, 1.807) is 36.7 Å². The highest BCUT2D eigenvalue weighted by Crippen LogP contribution is 2.22. The molecule has 0 aliphatic carbocycles. The fraction of sp³-hybridized carbons (Fsp3) is 0.208. The number of piperidine rings is 1. The van der Waals surface area contributed by atoms with E-state index in [0.29, 0.717) is 34.4 Å². The van der Waals surface area contributed by atoms with Crippen LogP contribution in [-0.2, 0) is 0 Å². The number of carbonyl (C=O) groups is 1. The summed E-state index contributed by atoms with van der Waals surface area (Å²) in [6.45, 7) is 1.96. The number of hydrogen-bond donors (Lipinski definition) is 5. The van der Waals surface area contributed by atoms with Crippen molar-refractivity contribution in [1.82, 2.24) is 25.3 Å². The first-order valence-corrected chi connectivity index (χ1v) is 11.2. The minimum Gasteiger partial charge on any atom is -0.396 e. The Balaban J connectivity index is 1.24. The van der Waals surface area contributed by atoms with E-state index in [1.807, 2.05) is 35.1 Å². The minimum absolute atomic E-state index is 0.210. The van der Waals surface area contributed by atoms with Gasteiger partial charge in [0.25, 0.3) is 5.91 Å². The quantitative estimate of drug-likeness (QED) is 0.221. The molecule has 1 aliphatic heterocycles. The molecule has 2 aromatic heterocycles. The van der Waals surface area contributed by atoms with Crippen molar-refractivity contribution in [2.24, 2.45) is 11.6 Å². The fourth-order valence-corrected chi connectivity index (χ4v) is 4.13. The van der Waals surface area contributed by atoms with E-state index in [-0.39, 0.29) is 5.91 Å². The Morgan fingerprint density at radius 3 is 2.71 bits per heavy atom. The third-order valence-corrected chi connectivity index (χ3v) is 5.99. The molecule has 0 radical (unpaired) electrons. The van der Waals surface area contributed by atoms with E-state index in [0.717, 1.165) is 36.8 Å². The van der Waals surface area contributed by atoms with Crippen LogP contribution >= 0.6 is 0 Å². The smallest absolute Gasteiger partial charge is 0.255 e. The van der Waals surface area contributed by atoms with Gasteiger partial charge < -0.3 is 16.4 Å². The summed E-state index contributed by atoms with van der Waals surface area (Å²) in [7, 11) is 0. The molecule has 174 valence electrons. The van der Waals surface area contributed by atoms with Crippen LogP contribution in [0.2, 0.25) is 0 Å². The van der Waals surface area contributed by atoms with Crippen LogP contribution in [0, 0.1) is 0 Å². The minimum atomic E-state index is -0.210. The Morgan fingerprint density at radius 1 is 1.15 bits per heavy atom. The molecule has 0 spiro atoms. The Labute approximate surface area is 196 Å². The van der Waals surface area contributed by atoms with E-state index in [2.05, 4.69) is 25.9 Å². The molecule has 34 heavy (non-hydrogen) atoms. The zero-order valence-corrected chi connectivity index (χ0v) is 18.6. The first-order valence-electron chi connectivity index (χ1n) is 11.2. The van der Waals surface area contributed by atoms with Crippen LogP contribution in [0.5, 0.6) is 0 Å². The Bertz CT molecular complexity index is 1320. The second-order valence-electron chi connectivity index (χ2n) is 8.30. The molecular weight excluding hydrogens is 430 g/mol. The van der Waals surface area contributed by atoms with Crippen molar-refractivity contribution in [3.63, 3.8) is 0 Å². The van der Waals surface area contributed by atoms with Crippen molar-refractivity contribution in [1.29, 1.82) is 0 Å². The molecule has 1 fully saturated rings. The van der Waals surface area contributed by atoms with Crippen molar-refractivity contribution >= 4 is 33.9 Å². The second kappa shape index (κ2) is 9.38. The summed E-state index contributed by atoms with van der Waals surface area (Å²) < 4.78 is 1.94. The predicted molar refractivity (Wildman–Crippen MR) is 133 cm³/mol. The highest BCUT2D eigenvalue weighted by Gasteiger charge is 2.16. The first kappa shape index (κ1) is 21.7. The Hall–Kier alpha value is -4.15. The SMILES string of the molecule is N/C(=C\N(N)c1ccc(C(=O)Nc2cnn(C3CCNCC3)c2)cc1)c1n[nH]c2ccccc12. The summed E-state index contributed by atoms with van der Waals surface area (Å²) in [6, 6.07) is 15.1. The van der Waals surface area contributed by atoms with Crippen LogP contribution in [0.15, 0.2) is 67.1 Å². The van der Waals surface area contributed by atoms with Gasteiger partial charge in [0.1, 0.15) is 5.69 Å². The second-order valence-corrected chi connectivity index (χ2v) is 8.30. The highest BCUT2D eigenvalue weighted by atomic mass is 16.1. The number of rotatable bonds is 6. The van der Waals surface area contributed by atoms with Gasteiger partial charge >= 0.3 is 0 Å². The fourth-order valence-electron chi connectivity index (χ4n) is 4.13. The number of nitrogens with two attached hydrogens (primary N) is 2. The lowest BCUT2D eigenvalue weighted by Gasteiger charge is -2.22. The van der Waals surface area contributed by atoms with Crippen molar-refractivity contribution in [3.8, 4) is 0 Å². The molecule has 0 saturated carbocycles. The lowest BCUT2D eigenvalue weighted by atomic mass is 10.1. The zero-order valence-electron chi connectivity index (χ0n) is 18.6. The number of amides is 1. The van der Waals surface area contributed by atoms with E-state index in [4.69, 9.17) is 11.6 Å². The van der Waals surface area contributed by atoms with Gasteiger partial charge in [0.2, 0.25) is 0 Å². The first-order chi connectivity index (χ1) is 16.6. The summed E-state index contributed by atoms with van der Waals surface area (Å²) in [4.78, 5) is 12.7. The van der Waals surface area contributed by atoms with E-state index < -0.39 is 0 Å². The Kier molecular flexibility index (Phi) is 5.98. The summed E-state index contributed by atoms with van der Waals surface area (Å²) in [5.74, 6) is 5.98. The highest BCUT2D eigenvalue weighted by molar-refractivity contribution is 6.04. The van der Waals surface area contributed by atoms with Gasteiger partial charge in [-0.2, -0.15) is 10.2 Å². The van der Waals surface area contributed by atoms with Crippen LogP contribution < -0.4 is 27.2 Å². The number of anilines is 2. The molecule has 7 N–H and O–H groups in total. The third kappa shape index (κ3) is 4.49. The van der Waals surface area contributed by atoms with Crippen molar-refractivity contribution < 1.29 is 4.79 Å². The molecule has 0 unspecified atom stereocenters. The van der Waals surface area contributed by atoms with Gasteiger partial charge in [0, 0.05) is 23.3 Å². The summed E-state index contributed by atoms with van der Waals surface area (Å²) in [5.41, 5.74) is 10.1. The number of fused-ring (bicyclic) bond motifs is 1. The van der Waals surface area contributed by atoms with Gasteiger partial charge in [0.05, 0.1) is 34.8 Å². The maximum absolute atomic E-state index is 12.7. The number of hydrogen-bond acceptors (Lipinski definition) is 7. The van der Waals surface area contributed by atoms with Gasteiger partial charge in [-0.1, -0.05) is 18.2 Å². The number of H-pyrrole nitrogens is 1. The normalized spacial score (nSPS) is 14.9. The van der Waals surface area contributed by atoms with Gasteiger partial charge in [0.15, 0.2) is 0 Å². The number of benzene rings is 2.